The van der Waals surface area contributed by atoms with Crippen molar-refractivity contribution < 1.29 is 22.4 Å². The molecule has 1 aliphatic rings. The van der Waals surface area contributed by atoms with Gasteiger partial charge in [-0.3, -0.25) is 0 Å². The molecule has 0 spiro atoms. The van der Waals surface area contributed by atoms with Gasteiger partial charge >= 0.3 is 12.2 Å². The Labute approximate surface area is 93.8 Å². The molecule has 2 amide bonds. The molecular formula is C10H8F4N2O. The Morgan fingerprint density at radius 2 is 2.00 bits per heavy atom. The number of carbonyl (C=O) groups is 1. The number of hydrogen-bond donors (Lipinski definition) is 2. The molecule has 1 aromatic carbocycles. The van der Waals surface area contributed by atoms with Crippen LogP contribution in [-0.4, -0.2) is 12.6 Å². The van der Waals surface area contributed by atoms with Crippen molar-refractivity contribution in [2.45, 2.75) is 12.2 Å². The van der Waals surface area contributed by atoms with Crippen molar-refractivity contribution in [3.8, 4) is 0 Å². The summed E-state index contributed by atoms with van der Waals surface area (Å²) in [5.74, 6) is -0.960. The maximum absolute atomic E-state index is 12.8. The SMILES string of the molecule is O=C1NC[C@@H](c2ccc(F)cc2C(F)(F)F)N1. The molecule has 1 aromatic rings. The third-order valence-corrected chi connectivity index (χ3v) is 2.47. The van der Waals surface area contributed by atoms with Crippen molar-refractivity contribution in [1.82, 2.24) is 10.6 Å². The summed E-state index contributed by atoms with van der Waals surface area (Å²) in [5, 5.41) is 4.68. The first kappa shape index (κ1) is 11.7. The second-order valence-corrected chi connectivity index (χ2v) is 3.64. The normalized spacial score (nSPS) is 20.0. The van der Waals surface area contributed by atoms with Crippen LogP contribution in [0.4, 0.5) is 22.4 Å². The van der Waals surface area contributed by atoms with Crippen LogP contribution in [0.15, 0.2) is 18.2 Å². The Balaban J connectivity index is 2.43. The molecule has 0 unspecified atom stereocenters. The van der Waals surface area contributed by atoms with Crippen molar-refractivity contribution in [2.75, 3.05) is 6.54 Å². The smallest absolute Gasteiger partial charge is 0.336 e. The fourth-order valence-corrected chi connectivity index (χ4v) is 1.72. The number of benzene rings is 1. The summed E-state index contributed by atoms with van der Waals surface area (Å²) in [6, 6.07) is 1.08. The summed E-state index contributed by atoms with van der Waals surface area (Å²) in [7, 11) is 0. The predicted molar refractivity (Wildman–Crippen MR) is 50.7 cm³/mol. The molecule has 92 valence electrons. The van der Waals surface area contributed by atoms with Crippen LogP contribution in [0.3, 0.4) is 0 Å². The maximum Gasteiger partial charge on any atom is 0.416 e. The van der Waals surface area contributed by atoms with Crippen LogP contribution >= 0.6 is 0 Å². The minimum atomic E-state index is -4.65. The fourth-order valence-electron chi connectivity index (χ4n) is 1.72. The average molecular weight is 248 g/mol. The zero-order valence-electron chi connectivity index (χ0n) is 8.44. The van der Waals surface area contributed by atoms with E-state index < -0.39 is 29.6 Å². The molecule has 0 aliphatic carbocycles. The summed E-state index contributed by atoms with van der Waals surface area (Å²) in [6.45, 7) is 0.0492. The van der Waals surface area contributed by atoms with Crippen LogP contribution in [-0.2, 0) is 6.18 Å². The zero-order valence-corrected chi connectivity index (χ0v) is 8.44. The maximum atomic E-state index is 12.8. The second kappa shape index (κ2) is 3.90. The van der Waals surface area contributed by atoms with Crippen LogP contribution in [0, 0.1) is 5.82 Å². The lowest BCUT2D eigenvalue weighted by molar-refractivity contribution is -0.138. The monoisotopic (exact) mass is 248 g/mol. The quantitative estimate of drug-likeness (QED) is 0.735. The molecular weight excluding hydrogens is 240 g/mol. The zero-order chi connectivity index (χ0) is 12.6. The van der Waals surface area contributed by atoms with Gasteiger partial charge < -0.3 is 10.6 Å². The van der Waals surface area contributed by atoms with Gasteiger partial charge in [-0.05, 0) is 17.7 Å². The number of hydrogen-bond acceptors (Lipinski definition) is 1. The Kier molecular flexibility index (Phi) is 2.68. The molecule has 1 atom stereocenters. The van der Waals surface area contributed by atoms with Crippen molar-refractivity contribution in [3.63, 3.8) is 0 Å². The first-order valence-electron chi connectivity index (χ1n) is 4.79. The lowest BCUT2D eigenvalue weighted by atomic mass is 10.0. The number of rotatable bonds is 1. The van der Waals surface area contributed by atoms with E-state index in [4.69, 9.17) is 0 Å². The van der Waals surface area contributed by atoms with E-state index in [1.807, 2.05) is 0 Å². The number of halogens is 4. The molecule has 0 radical (unpaired) electrons. The fraction of sp³-hybridized carbons (Fsp3) is 0.300. The highest BCUT2D eigenvalue weighted by Gasteiger charge is 2.37. The summed E-state index contributed by atoms with van der Waals surface area (Å²) in [6.07, 6.45) is -4.65. The molecule has 1 aliphatic heterocycles. The van der Waals surface area contributed by atoms with Gasteiger partial charge in [0, 0.05) is 6.54 Å². The standard InChI is InChI=1S/C10H8F4N2O/c11-5-1-2-6(7(3-5)10(12,13)14)8-4-15-9(17)16-8/h1-3,8H,4H2,(H2,15,16,17)/t8-/m0/s1. The Bertz CT molecular complexity index is 458. The molecule has 17 heavy (non-hydrogen) atoms. The number of carbonyl (C=O) groups excluding carboxylic acids is 1. The van der Waals surface area contributed by atoms with Crippen molar-refractivity contribution in [1.29, 1.82) is 0 Å². The first-order chi connectivity index (χ1) is 7.88. The minimum absolute atomic E-state index is 0.0492. The van der Waals surface area contributed by atoms with Gasteiger partial charge in [0.1, 0.15) is 5.82 Å². The van der Waals surface area contributed by atoms with Crippen LogP contribution in [0.25, 0.3) is 0 Å². The predicted octanol–water partition coefficient (Wildman–Crippen LogP) is 2.20. The van der Waals surface area contributed by atoms with E-state index in [1.54, 1.807) is 0 Å². The van der Waals surface area contributed by atoms with Crippen LogP contribution < -0.4 is 10.6 Å². The Hall–Kier alpha value is -1.79. The van der Waals surface area contributed by atoms with E-state index in [0.717, 1.165) is 12.1 Å². The Morgan fingerprint density at radius 3 is 2.53 bits per heavy atom. The molecule has 1 heterocycles. The second-order valence-electron chi connectivity index (χ2n) is 3.64. The third kappa shape index (κ3) is 2.32. The molecule has 3 nitrogen and oxygen atoms in total. The van der Waals surface area contributed by atoms with E-state index in [2.05, 4.69) is 10.6 Å². The highest BCUT2D eigenvalue weighted by molar-refractivity contribution is 5.77. The third-order valence-electron chi connectivity index (χ3n) is 2.47. The largest absolute Gasteiger partial charge is 0.416 e. The van der Waals surface area contributed by atoms with Gasteiger partial charge in [0.15, 0.2) is 0 Å². The van der Waals surface area contributed by atoms with E-state index in [9.17, 15) is 22.4 Å². The number of alkyl halides is 3. The van der Waals surface area contributed by atoms with Gasteiger partial charge in [-0.1, -0.05) is 6.07 Å². The number of urea groups is 1. The van der Waals surface area contributed by atoms with Gasteiger partial charge in [0.05, 0.1) is 11.6 Å². The molecule has 2 rings (SSSR count). The summed E-state index contributed by atoms with van der Waals surface area (Å²) < 4.78 is 50.9. The molecule has 0 saturated carbocycles. The summed E-state index contributed by atoms with van der Waals surface area (Å²) in [4.78, 5) is 10.9. The first-order valence-corrected chi connectivity index (χ1v) is 4.79. The van der Waals surface area contributed by atoms with Crippen molar-refractivity contribution in [2.24, 2.45) is 0 Å². The van der Waals surface area contributed by atoms with Gasteiger partial charge in [-0.25, -0.2) is 9.18 Å². The van der Waals surface area contributed by atoms with Gasteiger partial charge in [0.25, 0.3) is 0 Å². The summed E-state index contributed by atoms with van der Waals surface area (Å²) >= 11 is 0. The highest BCUT2D eigenvalue weighted by atomic mass is 19.4. The molecule has 1 saturated heterocycles. The van der Waals surface area contributed by atoms with E-state index in [1.165, 1.54) is 0 Å². The van der Waals surface area contributed by atoms with Gasteiger partial charge in [0.2, 0.25) is 0 Å². The minimum Gasteiger partial charge on any atom is -0.336 e. The van der Waals surface area contributed by atoms with E-state index >= 15 is 0 Å². The van der Waals surface area contributed by atoms with Crippen LogP contribution in [0.1, 0.15) is 17.2 Å². The van der Waals surface area contributed by atoms with Crippen LogP contribution in [0.5, 0.6) is 0 Å². The molecule has 0 bridgehead atoms. The topological polar surface area (TPSA) is 41.1 Å². The lowest BCUT2D eigenvalue weighted by Crippen LogP contribution is -2.23. The van der Waals surface area contributed by atoms with Crippen molar-refractivity contribution in [3.05, 3.63) is 35.1 Å². The average Bonchev–Trinajstić information content (AvgIpc) is 2.63. The van der Waals surface area contributed by atoms with Gasteiger partial charge in [-0.2, -0.15) is 13.2 Å². The molecule has 1 fully saturated rings. The van der Waals surface area contributed by atoms with Crippen molar-refractivity contribution >= 4 is 6.03 Å². The van der Waals surface area contributed by atoms with Gasteiger partial charge in [-0.15, -0.1) is 0 Å². The summed E-state index contributed by atoms with van der Waals surface area (Å²) in [5.41, 5.74) is -1.20. The number of amides is 2. The molecule has 0 aromatic heterocycles. The molecule has 7 heteroatoms. The Morgan fingerprint density at radius 1 is 1.29 bits per heavy atom. The highest BCUT2D eigenvalue weighted by Crippen LogP contribution is 2.35. The van der Waals surface area contributed by atoms with E-state index in [0.29, 0.717) is 6.07 Å². The van der Waals surface area contributed by atoms with Crippen LogP contribution in [0.2, 0.25) is 0 Å². The molecule has 2 N–H and O–H groups in total. The van der Waals surface area contributed by atoms with E-state index in [-0.39, 0.29) is 12.1 Å². The number of nitrogens with one attached hydrogen (secondary N) is 2. The lowest BCUT2D eigenvalue weighted by Gasteiger charge is -2.16.